The van der Waals surface area contributed by atoms with Gasteiger partial charge in [-0.1, -0.05) is 66.2 Å². The van der Waals surface area contributed by atoms with Crippen molar-refractivity contribution in [3.8, 4) is 0 Å². The predicted molar refractivity (Wildman–Crippen MR) is 80.5 cm³/mol. The SMILES string of the molecule is Clc1ccccc1C=CC1(c2ccccc2)OCCO1. The van der Waals surface area contributed by atoms with E-state index in [9.17, 15) is 0 Å². The molecule has 3 heteroatoms. The van der Waals surface area contributed by atoms with E-state index in [4.69, 9.17) is 21.1 Å². The lowest BCUT2D eigenvalue weighted by molar-refractivity contribution is -0.122. The summed E-state index contributed by atoms with van der Waals surface area (Å²) in [5.74, 6) is -0.805. The van der Waals surface area contributed by atoms with Crippen LogP contribution in [0.1, 0.15) is 11.1 Å². The molecular weight excluding hydrogens is 272 g/mol. The van der Waals surface area contributed by atoms with E-state index in [2.05, 4.69) is 0 Å². The average molecular weight is 287 g/mol. The van der Waals surface area contributed by atoms with Crippen LogP contribution < -0.4 is 0 Å². The molecule has 2 aromatic rings. The minimum atomic E-state index is -0.805. The highest BCUT2D eigenvalue weighted by atomic mass is 35.5. The molecule has 0 atom stereocenters. The van der Waals surface area contributed by atoms with E-state index in [0.29, 0.717) is 18.2 Å². The van der Waals surface area contributed by atoms with Gasteiger partial charge in [-0.05, 0) is 17.7 Å². The molecule has 1 aliphatic rings. The maximum absolute atomic E-state index is 6.17. The van der Waals surface area contributed by atoms with E-state index in [1.54, 1.807) is 0 Å². The Labute approximate surface area is 123 Å². The Morgan fingerprint density at radius 1 is 0.900 bits per heavy atom. The van der Waals surface area contributed by atoms with Crippen molar-refractivity contribution in [3.05, 3.63) is 76.8 Å². The van der Waals surface area contributed by atoms with Crippen LogP contribution in [0, 0.1) is 0 Å². The summed E-state index contributed by atoms with van der Waals surface area (Å²) in [6, 6.07) is 17.6. The quantitative estimate of drug-likeness (QED) is 0.840. The molecule has 0 N–H and O–H groups in total. The van der Waals surface area contributed by atoms with Crippen molar-refractivity contribution in [1.82, 2.24) is 0 Å². The van der Waals surface area contributed by atoms with Crippen LogP contribution >= 0.6 is 11.6 Å². The van der Waals surface area contributed by atoms with Crippen molar-refractivity contribution in [2.45, 2.75) is 5.79 Å². The average Bonchev–Trinajstić information content (AvgIpc) is 2.98. The largest absolute Gasteiger partial charge is 0.340 e. The third-order valence-corrected chi connectivity index (χ3v) is 3.62. The molecule has 0 aliphatic carbocycles. The Kier molecular flexibility index (Phi) is 3.88. The zero-order valence-electron chi connectivity index (χ0n) is 11.0. The minimum absolute atomic E-state index is 0.585. The zero-order valence-corrected chi connectivity index (χ0v) is 11.7. The predicted octanol–water partition coefficient (Wildman–Crippen LogP) is 4.25. The van der Waals surface area contributed by atoms with E-state index in [-0.39, 0.29) is 0 Å². The van der Waals surface area contributed by atoms with Gasteiger partial charge >= 0.3 is 0 Å². The van der Waals surface area contributed by atoms with Crippen LogP contribution in [0.3, 0.4) is 0 Å². The maximum atomic E-state index is 6.17. The van der Waals surface area contributed by atoms with Gasteiger partial charge in [0.2, 0.25) is 5.79 Å². The first-order valence-electron chi connectivity index (χ1n) is 6.57. The summed E-state index contributed by atoms with van der Waals surface area (Å²) in [6.07, 6.45) is 3.87. The van der Waals surface area contributed by atoms with E-state index < -0.39 is 5.79 Å². The van der Waals surface area contributed by atoms with E-state index in [1.807, 2.05) is 66.7 Å². The smallest absolute Gasteiger partial charge is 0.215 e. The van der Waals surface area contributed by atoms with Gasteiger partial charge in [-0.3, -0.25) is 0 Å². The summed E-state index contributed by atoms with van der Waals surface area (Å²) < 4.78 is 11.7. The fourth-order valence-corrected chi connectivity index (χ4v) is 2.47. The second-order valence-electron chi connectivity index (χ2n) is 4.59. The third kappa shape index (κ3) is 2.63. The molecule has 102 valence electrons. The van der Waals surface area contributed by atoms with E-state index >= 15 is 0 Å². The monoisotopic (exact) mass is 286 g/mol. The van der Waals surface area contributed by atoms with Gasteiger partial charge in [-0.25, -0.2) is 0 Å². The molecule has 0 spiro atoms. The van der Waals surface area contributed by atoms with Gasteiger partial charge in [0.15, 0.2) is 0 Å². The van der Waals surface area contributed by atoms with Crippen molar-refractivity contribution in [2.75, 3.05) is 13.2 Å². The maximum Gasteiger partial charge on any atom is 0.215 e. The molecule has 1 aliphatic heterocycles. The Hall–Kier alpha value is -1.61. The van der Waals surface area contributed by atoms with Gasteiger partial charge in [0.25, 0.3) is 0 Å². The van der Waals surface area contributed by atoms with Crippen LogP contribution in [-0.2, 0) is 15.3 Å². The second kappa shape index (κ2) is 5.80. The Balaban J connectivity index is 1.95. The molecule has 1 fully saturated rings. The molecule has 0 radical (unpaired) electrons. The van der Waals surface area contributed by atoms with Gasteiger partial charge in [0.1, 0.15) is 0 Å². The number of rotatable bonds is 3. The third-order valence-electron chi connectivity index (χ3n) is 3.28. The topological polar surface area (TPSA) is 18.5 Å². The highest BCUT2D eigenvalue weighted by molar-refractivity contribution is 6.32. The summed E-state index contributed by atoms with van der Waals surface area (Å²) in [5.41, 5.74) is 1.93. The fraction of sp³-hybridized carbons (Fsp3) is 0.176. The molecular formula is C17H15ClO2. The number of hydrogen-bond acceptors (Lipinski definition) is 2. The number of halogens is 1. The standard InChI is InChI=1S/C17H15ClO2/c18-16-9-5-4-6-14(16)10-11-17(19-12-13-20-17)15-7-2-1-3-8-15/h1-11H,12-13H2. The minimum Gasteiger partial charge on any atom is -0.340 e. The lowest BCUT2D eigenvalue weighted by Crippen LogP contribution is -2.24. The Morgan fingerprint density at radius 2 is 1.55 bits per heavy atom. The molecule has 0 unspecified atom stereocenters. The molecule has 0 aromatic heterocycles. The van der Waals surface area contributed by atoms with E-state index in [0.717, 1.165) is 11.1 Å². The van der Waals surface area contributed by atoms with Crippen molar-refractivity contribution < 1.29 is 9.47 Å². The highest BCUT2D eigenvalue weighted by Crippen LogP contribution is 2.34. The van der Waals surface area contributed by atoms with Crippen molar-refractivity contribution in [3.63, 3.8) is 0 Å². The lowest BCUT2D eigenvalue weighted by atomic mass is 10.0. The fourth-order valence-electron chi connectivity index (χ4n) is 2.27. The summed E-state index contributed by atoms with van der Waals surface area (Å²) in [7, 11) is 0. The van der Waals surface area contributed by atoms with Gasteiger partial charge in [-0.15, -0.1) is 0 Å². The number of ether oxygens (including phenoxy) is 2. The zero-order chi connectivity index (χ0) is 13.8. The first kappa shape index (κ1) is 13.4. The van der Waals surface area contributed by atoms with Gasteiger partial charge in [0.05, 0.1) is 13.2 Å². The van der Waals surface area contributed by atoms with Crippen LogP contribution in [0.2, 0.25) is 5.02 Å². The Bertz CT molecular complexity index is 601. The second-order valence-corrected chi connectivity index (χ2v) is 4.99. The van der Waals surface area contributed by atoms with Crippen LogP contribution in [0.5, 0.6) is 0 Å². The molecule has 2 aromatic carbocycles. The van der Waals surface area contributed by atoms with Crippen LogP contribution in [0.15, 0.2) is 60.7 Å². The number of hydrogen-bond donors (Lipinski definition) is 0. The van der Waals surface area contributed by atoms with Crippen molar-refractivity contribution in [1.29, 1.82) is 0 Å². The summed E-state index contributed by atoms with van der Waals surface area (Å²) in [6.45, 7) is 1.17. The van der Waals surface area contributed by atoms with Gasteiger partial charge in [-0.2, -0.15) is 0 Å². The molecule has 0 amide bonds. The van der Waals surface area contributed by atoms with Crippen LogP contribution in [-0.4, -0.2) is 13.2 Å². The first-order valence-corrected chi connectivity index (χ1v) is 6.95. The molecule has 2 nitrogen and oxygen atoms in total. The molecule has 0 saturated carbocycles. The van der Waals surface area contributed by atoms with Crippen LogP contribution in [0.4, 0.5) is 0 Å². The van der Waals surface area contributed by atoms with E-state index in [1.165, 1.54) is 0 Å². The molecule has 20 heavy (non-hydrogen) atoms. The summed E-state index contributed by atoms with van der Waals surface area (Å²) >= 11 is 6.17. The first-order chi connectivity index (χ1) is 9.80. The molecule has 1 saturated heterocycles. The van der Waals surface area contributed by atoms with Crippen molar-refractivity contribution in [2.24, 2.45) is 0 Å². The number of benzene rings is 2. The van der Waals surface area contributed by atoms with Gasteiger partial charge in [0, 0.05) is 10.6 Å². The summed E-state index contributed by atoms with van der Waals surface area (Å²) in [5, 5.41) is 0.713. The van der Waals surface area contributed by atoms with Gasteiger partial charge < -0.3 is 9.47 Å². The molecule has 0 bridgehead atoms. The molecule has 1 heterocycles. The summed E-state index contributed by atoms with van der Waals surface area (Å²) in [4.78, 5) is 0. The highest BCUT2D eigenvalue weighted by Gasteiger charge is 2.35. The normalized spacial score (nSPS) is 17.6. The Morgan fingerprint density at radius 3 is 2.25 bits per heavy atom. The lowest BCUT2D eigenvalue weighted by Gasteiger charge is -2.24. The molecule has 3 rings (SSSR count). The van der Waals surface area contributed by atoms with Crippen LogP contribution in [0.25, 0.3) is 6.08 Å². The van der Waals surface area contributed by atoms with Crippen molar-refractivity contribution >= 4 is 17.7 Å².